The third-order valence-electron chi connectivity index (χ3n) is 5.64. The third-order valence-corrected chi connectivity index (χ3v) is 5.64. The monoisotopic (exact) mass is 502 g/mol. The molecule has 0 aromatic heterocycles. The molecule has 0 unspecified atom stereocenters. The summed E-state index contributed by atoms with van der Waals surface area (Å²) in [6, 6.07) is 26.7. The van der Waals surface area contributed by atoms with Crippen LogP contribution in [0.25, 0.3) is 21.5 Å². The summed E-state index contributed by atoms with van der Waals surface area (Å²) in [5.41, 5.74) is 1.04. The summed E-state index contributed by atoms with van der Waals surface area (Å²) in [6.45, 7) is 2.51. The quantitative estimate of drug-likeness (QED) is 0.176. The van der Waals surface area contributed by atoms with E-state index in [1.165, 1.54) is 0 Å². The number of rotatable bonds is 14. The second-order valence-corrected chi connectivity index (χ2v) is 8.23. The predicted molar refractivity (Wildman–Crippen MR) is 141 cm³/mol. The Morgan fingerprint density at radius 2 is 0.784 bits per heavy atom. The van der Waals surface area contributed by atoms with Gasteiger partial charge in [0.05, 0.1) is 50.8 Å². The highest BCUT2D eigenvalue weighted by Crippen LogP contribution is 2.17. The second-order valence-electron chi connectivity index (χ2n) is 8.23. The van der Waals surface area contributed by atoms with Gasteiger partial charge in [-0.3, -0.25) is 0 Å². The van der Waals surface area contributed by atoms with E-state index in [9.17, 15) is 9.59 Å². The van der Waals surface area contributed by atoms with Gasteiger partial charge in [-0.25, -0.2) is 9.59 Å². The van der Waals surface area contributed by atoms with Gasteiger partial charge in [0.25, 0.3) is 0 Å². The maximum absolute atomic E-state index is 12.2. The van der Waals surface area contributed by atoms with Crippen molar-refractivity contribution in [1.82, 2.24) is 0 Å². The van der Waals surface area contributed by atoms with Crippen LogP contribution < -0.4 is 0 Å². The molecule has 4 aromatic rings. The summed E-state index contributed by atoms with van der Waals surface area (Å²) >= 11 is 0. The molecule has 0 bridgehead atoms. The summed E-state index contributed by atoms with van der Waals surface area (Å²) in [5, 5.41) is 4.15. The minimum absolute atomic E-state index is 0.173. The van der Waals surface area contributed by atoms with E-state index in [1.807, 2.05) is 72.8 Å². The van der Waals surface area contributed by atoms with Crippen molar-refractivity contribution in [1.29, 1.82) is 0 Å². The van der Waals surface area contributed by atoms with Crippen LogP contribution in [0.1, 0.15) is 20.7 Å². The lowest BCUT2D eigenvalue weighted by molar-refractivity contribution is -0.00674. The highest BCUT2D eigenvalue weighted by molar-refractivity contribution is 5.96. The number of benzene rings is 4. The number of carbonyl (C=O) groups excluding carboxylic acids is 2. The van der Waals surface area contributed by atoms with Gasteiger partial charge in [0.2, 0.25) is 0 Å². The molecule has 7 heteroatoms. The summed E-state index contributed by atoms with van der Waals surface area (Å²) < 4.78 is 26.8. The highest BCUT2D eigenvalue weighted by atomic mass is 16.6. The van der Waals surface area contributed by atoms with E-state index in [-0.39, 0.29) is 25.2 Å². The van der Waals surface area contributed by atoms with Crippen LogP contribution in [0.2, 0.25) is 0 Å². The molecular weight excluding hydrogens is 472 g/mol. The Hall–Kier alpha value is -3.78. The number of esters is 2. The van der Waals surface area contributed by atoms with E-state index in [2.05, 4.69) is 0 Å². The normalized spacial score (nSPS) is 11.0. The lowest BCUT2D eigenvalue weighted by Gasteiger charge is -2.09. The minimum atomic E-state index is -0.370. The number of fused-ring (bicyclic) bond motifs is 2. The molecule has 37 heavy (non-hydrogen) atoms. The summed E-state index contributed by atoms with van der Waals surface area (Å²) in [5.74, 6) is -0.739. The molecule has 0 fully saturated rings. The molecule has 0 heterocycles. The Bertz CT molecular complexity index is 1220. The molecule has 0 aliphatic rings. The average molecular weight is 503 g/mol. The van der Waals surface area contributed by atoms with Gasteiger partial charge in [0.15, 0.2) is 0 Å². The van der Waals surface area contributed by atoms with Crippen molar-refractivity contribution in [3.8, 4) is 0 Å². The summed E-state index contributed by atoms with van der Waals surface area (Å²) in [7, 11) is 0. The van der Waals surface area contributed by atoms with Crippen LogP contribution in [0.4, 0.5) is 0 Å². The first kappa shape index (κ1) is 26.3. The lowest BCUT2D eigenvalue weighted by Crippen LogP contribution is -2.15. The Balaban J connectivity index is 0.973. The Kier molecular flexibility index (Phi) is 10.0. The molecule has 0 saturated carbocycles. The zero-order valence-electron chi connectivity index (χ0n) is 20.6. The second kappa shape index (κ2) is 14.1. The zero-order valence-corrected chi connectivity index (χ0v) is 20.6. The molecule has 0 aliphatic heterocycles. The molecule has 0 spiro atoms. The molecule has 4 rings (SSSR count). The van der Waals surface area contributed by atoms with E-state index in [4.69, 9.17) is 23.7 Å². The number of hydrogen-bond acceptors (Lipinski definition) is 7. The van der Waals surface area contributed by atoms with Crippen molar-refractivity contribution in [3.63, 3.8) is 0 Å². The van der Waals surface area contributed by atoms with E-state index in [0.29, 0.717) is 50.8 Å². The van der Waals surface area contributed by atoms with Gasteiger partial charge in [0.1, 0.15) is 13.2 Å². The molecule has 192 valence electrons. The van der Waals surface area contributed by atoms with Crippen LogP contribution in [0.15, 0.2) is 84.9 Å². The number of hydrogen-bond donors (Lipinski definition) is 0. The topological polar surface area (TPSA) is 80.3 Å². The Labute approximate surface area is 215 Å². The predicted octanol–water partition coefficient (Wildman–Crippen LogP) is 5.06. The van der Waals surface area contributed by atoms with Crippen molar-refractivity contribution < 1.29 is 33.3 Å². The highest BCUT2D eigenvalue weighted by Gasteiger charge is 2.09. The van der Waals surface area contributed by atoms with E-state index in [0.717, 1.165) is 21.5 Å². The van der Waals surface area contributed by atoms with Crippen LogP contribution in [0.5, 0.6) is 0 Å². The fraction of sp³-hybridized carbons (Fsp3) is 0.267. The summed E-state index contributed by atoms with van der Waals surface area (Å²) in [4.78, 5) is 24.4. The Morgan fingerprint density at radius 3 is 1.19 bits per heavy atom. The maximum Gasteiger partial charge on any atom is 0.338 e. The standard InChI is InChI=1S/C30H30O7/c31-29(27-11-9-23-5-1-3-7-25(23)21-27)36-19-17-34-15-13-33-14-16-35-18-20-37-30(32)28-12-10-24-6-2-4-8-26(24)22-28/h1-12,21-22H,13-20H2. The first-order valence-electron chi connectivity index (χ1n) is 12.3. The van der Waals surface area contributed by atoms with Gasteiger partial charge < -0.3 is 23.7 Å². The average Bonchev–Trinajstić information content (AvgIpc) is 2.94. The van der Waals surface area contributed by atoms with Gasteiger partial charge in [-0.2, -0.15) is 0 Å². The van der Waals surface area contributed by atoms with Crippen molar-refractivity contribution in [2.75, 3.05) is 52.9 Å². The van der Waals surface area contributed by atoms with Crippen molar-refractivity contribution in [2.24, 2.45) is 0 Å². The number of ether oxygens (including phenoxy) is 5. The molecule has 0 aliphatic carbocycles. The molecular formula is C30H30O7. The van der Waals surface area contributed by atoms with Crippen molar-refractivity contribution >= 4 is 33.5 Å². The van der Waals surface area contributed by atoms with E-state index >= 15 is 0 Å². The fourth-order valence-corrected chi connectivity index (χ4v) is 3.73. The lowest BCUT2D eigenvalue weighted by atomic mass is 10.1. The molecule has 0 saturated heterocycles. The maximum atomic E-state index is 12.2. The molecule has 0 atom stereocenters. The Morgan fingerprint density at radius 1 is 0.432 bits per heavy atom. The van der Waals surface area contributed by atoms with Gasteiger partial charge in [-0.15, -0.1) is 0 Å². The van der Waals surface area contributed by atoms with Crippen molar-refractivity contribution in [2.45, 2.75) is 0 Å². The molecule has 7 nitrogen and oxygen atoms in total. The first-order chi connectivity index (χ1) is 18.2. The molecule has 4 aromatic carbocycles. The van der Waals surface area contributed by atoms with E-state index in [1.54, 1.807) is 12.1 Å². The molecule has 0 N–H and O–H groups in total. The SMILES string of the molecule is O=C(OCCOCCOCCOCCOC(=O)c1ccc2ccccc2c1)c1ccc2ccccc2c1. The van der Waals surface area contributed by atoms with E-state index < -0.39 is 0 Å². The van der Waals surface area contributed by atoms with Crippen LogP contribution in [-0.4, -0.2) is 64.8 Å². The summed E-state index contributed by atoms with van der Waals surface area (Å²) in [6.07, 6.45) is 0. The van der Waals surface area contributed by atoms with Gasteiger partial charge in [-0.05, 0) is 45.8 Å². The van der Waals surface area contributed by atoms with Crippen molar-refractivity contribution in [3.05, 3.63) is 96.1 Å². The van der Waals surface area contributed by atoms with Crippen LogP contribution in [0, 0.1) is 0 Å². The van der Waals surface area contributed by atoms with Gasteiger partial charge in [-0.1, -0.05) is 60.7 Å². The molecule has 0 radical (unpaired) electrons. The van der Waals surface area contributed by atoms with Gasteiger partial charge in [0, 0.05) is 0 Å². The smallest absolute Gasteiger partial charge is 0.338 e. The van der Waals surface area contributed by atoms with Gasteiger partial charge >= 0.3 is 11.9 Å². The number of carbonyl (C=O) groups is 2. The zero-order chi connectivity index (χ0) is 25.7. The minimum Gasteiger partial charge on any atom is -0.460 e. The van der Waals surface area contributed by atoms with Crippen LogP contribution in [-0.2, 0) is 23.7 Å². The first-order valence-corrected chi connectivity index (χ1v) is 12.3. The largest absolute Gasteiger partial charge is 0.460 e. The third kappa shape index (κ3) is 8.11. The van der Waals surface area contributed by atoms with Crippen LogP contribution in [0.3, 0.4) is 0 Å². The molecule has 0 amide bonds. The fourth-order valence-electron chi connectivity index (χ4n) is 3.73. The van der Waals surface area contributed by atoms with Crippen LogP contribution >= 0.6 is 0 Å².